The third-order valence-corrected chi connectivity index (χ3v) is 5.60. The van der Waals surface area contributed by atoms with Gasteiger partial charge in [0.1, 0.15) is 5.82 Å². The van der Waals surface area contributed by atoms with E-state index in [0.717, 1.165) is 45.1 Å². The fourth-order valence-corrected chi connectivity index (χ4v) is 3.74. The average molecular weight is 497 g/mol. The maximum atomic E-state index is 13.3. The zero-order valence-corrected chi connectivity index (χ0v) is 21.5. The lowest BCUT2D eigenvalue weighted by atomic mass is 10.1. The van der Waals surface area contributed by atoms with E-state index in [-0.39, 0.29) is 11.9 Å². The predicted octanol–water partition coefficient (Wildman–Crippen LogP) is 6.83. The number of aromatic nitrogens is 3. The van der Waals surface area contributed by atoms with E-state index in [1.807, 2.05) is 55.7 Å². The average Bonchev–Trinajstić information content (AvgIpc) is 3.32. The van der Waals surface area contributed by atoms with E-state index in [9.17, 15) is 4.39 Å². The number of anilines is 1. The van der Waals surface area contributed by atoms with Crippen molar-refractivity contribution in [3.8, 4) is 11.3 Å². The summed E-state index contributed by atoms with van der Waals surface area (Å²) in [5, 5.41) is 7.91. The quantitative estimate of drug-likeness (QED) is 0.262. The Bertz CT molecular complexity index is 1370. The maximum Gasteiger partial charge on any atom is 0.155 e. The first-order valence-corrected chi connectivity index (χ1v) is 11.8. The maximum absolute atomic E-state index is 13.3. The molecule has 0 unspecified atom stereocenters. The van der Waals surface area contributed by atoms with Crippen LogP contribution in [0.2, 0.25) is 0 Å². The normalized spacial score (nSPS) is 11.0. The van der Waals surface area contributed by atoms with Crippen molar-refractivity contribution in [3.63, 3.8) is 0 Å². The molecule has 4 rings (SSSR count). The third-order valence-electron chi connectivity index (χ3n) is 5.60. The van der Waals surface area contributed by atoms with Gasteiger partial charge >= 0.3 is 0 Å². The predicted molar refractivity (Wildman–Crippen MR) is 152 cm³/mol. The van der Waals surface area contributed by atoms with Crippen molar-refractivity contribution >= 4 is 17.0 Å². The van der Waals surface area contributed by atoms with Crippen molar-refractivity contribution < 1.29 is 4.39 Å². The second kappa shape index (κ2) is 12.4. The Labute approximate surface area is 218 Å². The number of hydrogen-bond donors (Lipinski definition) is 2. The van der Waals surface area contributed by atoms with Crippen LogP contribution in [0.1, 0.15) is 26.3 Å². The van der Waals surface area contributed by atoms with Crippen molar-refractivity contribution in [1.29, 1.82) is 0 Å². The van der Waals surface area contributed by atoms with E-state index in [1.165, 1.54) is 18.3 Å². The lowest BCUT2D eigenvalue weighted by molar-refractivity contribution is 0.413. The second-order valence-electron chi connectivity index (χ2n) is 8.60. The highest BCUT2D eigenvalue weighted by Crippen LogP contribution is 2.28. The van der Waals surface area contributed by atoms with Gasteiger partial charge in [-0.25, -0.2) is 13.9 Å². The number of fused-ring (bicyclic) bond motifs is 1. The largest absolute Gasteiger partial charge is 0.405 e. The molecule has 0 atom stereocenters. The van der Waals surface area contributed by atoms with Crippen molar-refractivity contribution in [3.05, 3.63) is 128 Å². The van der Waals surface area contributed by atoms with Crippen LogP contribution in [-0.2, 0) is 0 Å². The third kappa shape index (κ3) is 6.73. The molecular weight excluding hydrogens is 463 g/mol. The molecule has 7 heteroatoms. The molecule has 37 heavy (non-hydrogen) atoms. The smallest absolute Gasteiger partial charge is 0.155 e. The summed E-state index contributed by atoms with van der Waals surface area (Å²) in [5.74, 6) is -0.268. The molecule has 3 N–H and O–H groups in total. The molecule has 0 saturated carbocycles. The van der Waals surface area contributed by atoms with Crippen molar-refractivity contribution in [1.82, 2.24) is 19.5 Å². The first kappa shape index (κ1) is 26.9. The van der Waals surface area contributed by atoms with Gasteiger partial charge in [-0.1, -0.05) is 44.0 Å². The number of allylic oxidation sites excluding steroid dienone is 1. The fourth-order valence-electron chi connectivity index (χ4n) is 3.74. The van der Waals surface area contributed by atoms with E-state index in [2.05, 4.69) is 59.6 Å². The second-order valence-corrected chi connectivity index (χ2v) is 8.60. The summed E-state index contributed by atoms with van der Waals surface area (Å²) in [6.45, 7) is 17.8. The minimum Gasteiger partial charge on any atom is -0.405 e. The van der Waals surface area contributed by atoms with Crippen LogP contribution in [-0.4, -0.2) is 25.5 Å². The molecule has 0 amide bonds. The molecule has 0 bridgehead atoms. The van der Waals surface area contributed by atoms with Gasteiger partial charge in [-0.3, -0.25) is 0 Å². The Morgan fingerprint density at radius 2 is 1.76 bits per heavy atom. The standard InChI is InChI=1S/C28H28FN5.C2H5N/c1-19(2)34(22(5)23-7-11-25(29)12-8-23)21(4)20(3)18-31-26-13-9-24(10-14-26)27-17-28-30-15-6-16-33(28)32-27;1-2-3/h6-19,31H,4-5H2,1-3H3;2H,1,3H2/b20-18-;. The minimum absolute atomic E-state index is 0.132. The number of rotatable bonds is 8. The van der Waals surface area contributed by atoms with E-state index in [4.69, 9.17) is 0 Å². The number of benzene rings is 2. The molecule has 2 aromatic heterocycles. The van der Waals surface area contributed by atoms with Crippen molar-refractivity contribution in [2.75, 3.05) is 5.32 Å². The molecule has 6 nitrogen and oxygen atoms in total. The van der Waals surface area contributed by atoms with Crippen molar-refractivity contribution in [2.45, 2.75) is 26.8 Å². The molecule has 2 aromatic carbocycles. The molecule has 4 aromatic rings. The zero-order valence-electron chi connectivity index (χ0n) is 21.5. The Hall–Kier alpha value is -4.65. The summed E-state index contributed by atoms with van der Waals surface area (Å²) >= 11 is 0. The Balaban J connectivity index is 0.00000121. The topological polar surface area (TPSA) is 71.5 Å². The summed E-state index contributed by atoms with van der Waals surface area (Å²) in [4.78, 5) is 6.37. The molecule has 0 aliphatic carbocycles. The van der Waals surface area contributed by atoms with Gasteiger partial charge in [0.05, 0.1) is 5.69 Å². The van der Waals surface area contributed by atoms with Crippen LogP contribution in [0, 0.1) is 5.82 Å². The zero-order chi connectivity index (χ0) is 26.9. The molecule has 0 aliphatic heterocycles. The molecule has 2 heterocycles. The first-order chi connectivity index (χ1) is 17.7. The van der Waals surface area contributed by atoms with Gasteiger partial charge in [-0.05, 0) is 68.4 Å². The number of nitrogens with one attached hydrogen (secondary N) is 1. The van der Waals surface area contributed by atoms with E-state index in [0.29, 0.717) is 0 Å². The molecule has 0 aliphatic rings. The molecule has 190 valence electrons. The van der Waals surface area contributed by atoms with Crippen LogP contribution < -0.4 is 11.1 Å². The Morgan fingerprint density at radius 1 is 1.11 bits per heavy atom. The number of nitrogens with zero attached hydrogens (tertiary/aromatic N) is 4. The molecule has 0 radical (unpaired) electrons. The fraction of sp³-hybridized carbons (Fsp3) is 0.133. The lowest BCUT2D eigenvalue weighted by Gasteiger charge is -2.33. The lowest BCUT2D eigenvalue weighted by Crippen LogP contribution is -2.28. The summed E-state index contributed by atoms with van der Waals surface area (Å²) in [6.07, 6.45) is 6.82. The highest BCUT2D eigenvalue weighted by Gasteiger charge is 2.18. The van der Waals surface area contributed by atoms with E-state index < -0.39 is 0 Å². The number of nitrogens with two attached hydrogens (primary N) is 1. The minimum atomic E-state index is -0.268. The van der Waals surface area contributed by atoms with E-state index >= 15 is 0 Å². The van der Waals surface area contributed by atoms with Gasteiger partial charge in [0.2, 0.25) is 0 Å². The van der Waals surface area contributed by atoms with E-state index in [1.54, 1.807) is 22.8 Å². The van der Waals surface area contributed by atoms with Gasteiger partial charge in [0.15, 0.2) is 5.65 Å². The van der Waals surface area contributed by atoms with Crippen LogP contribution in [0.4, 0.5) is 10.1 Å². The van der Waals surface area contributed by atoms with Gasteiger partial charge in [-0.2, -0.15) is 5.10 Å². The Kier molecular flexibility index (Phi) is 9.00. The van der Waals surface area contributed by atoms with Crippen molar-refractivity contribution in [2.24, 2.45) is 5.73 Å². The summed E-state index contributed by atoms with van der Waals surface area (Å²) in [6, 6.07) is 18.4. The van der Waals surface area contributed by atoms with Crippen LogP contribution in [0.15, 0.2) is 116 Å². The highest BCUT2D eigenvalue weighted by atomic mass is 19.1. The number of hydrogen-bond acceptors (Lipinski definition) is 5. The van der Waals surface area contributed by atoms with Gasteiger partial charge in [0.25, 0.3) is 0 Å². The molecule has 0 spiro atoms. The van der Waals surface area contributed by atoms with Gasteiger partial charge in [0, 0.05) is 53.3 Å². The summed E-state index contributed by atoms with van der Waals surface area (Å²) in [5.41, 5.74) is 11.7. The first-order valence-electron chi connectivity index (χ1n) is 11.8. The SMILES string of the molecule is C=C(/C(C)=C\Nc1ccc(-c2cc3ncccn3n2)cc1)N(C(=C)c1ccc(F)cc1)C(C)C.C=CN. The molecular formula is C30H33FN6. The molecule has 0 fully saturated rings. The molecule has 0 saturated heterocycles. The van der Waals surface area contributed by atoms with Crippen LogP contribution in [0.3, 0.4) is 0 Å². The summed E-state index contributed by atoms with van der Waals surface area (Å²) < 4.78 is 15.1. The highest BCUT2D eigenvalue weighted by molar-refractivity contribution is 5.67. The van der Waals surface area contributed by atoms with Crippen LogP contribution in [0.5, 0.6) is 0 Å². The van der Waals surface area contributed by atoms with Crippen LogP contribution >= 0.6 is 0 Å². The monoisotopic (exact) mass is 496 g/mol. The van der Waals surface area contributed by atoms with Gasteiger partial charge < -0.3 is 16.0 Å². The van der Waals surface area contributed by atoms with Crippen LogP contribution in [0.25, 0.3) is 22.6 Å². The summed E-state index contributed by atoms with van der Waals surface area (Å²) in [7, 11) is 0. The number of halogens is 1. The Morgan fingerprint density at radius 3 is 2.35 bits per heavy atom. The van der Waals surface area contributed by atoms with Gasteiger partial charge in [-0.15, -0.1) is 0 Å².